The Balaban J connectivity index is 0.000000214. The Bertz CT molecular complexity index is 2760. The number of nitrogens with zero attached hydrogens (tertiary/aromatic N) is 6. The van der Waals surface area contributed by atoms with Crippen LogP contribution in [0, 0.1) is 11.6 Å². The second-order valence-electron chi connectivity index (χ2n) is 16.8. The molecule has 8 rings (SSSR count). The van der Waals surface area contributed by atoms with Gasteiger partial charge < -0.3 is 39.8 Å². The molecule has 0 radical (unpaired) electrons. The Morgan fingerprint density at radius 2 is 1.19 bits per heavy atom. The molecular formula is C47H48F6N8O10S2. The summed E-state index contributed by atoms with van der Waals surface area (Å²) >= 11 is 2.58. The van der Waals surface area contributed by atoms with Crippen molar-refractivity contribution in [3.63, 3.8) is 0 Å². The van der Waals surface area contributed by atoms with Crippen molar-refractivity contribution < 1.29 is 74.7 Å². The highest BCUT2D eigenvalue weighted by atomic mass is 32.1. The number of amidine groups is 2. The number of aromatic nitrogens is 2. The third kappa shape index (κ3) is 13.0. The van der Waals surface area contributed by atoms with E-state index in [2.05, 4.69) is 25.6 Å². The predicted molar refractivity (Wildman–Crippen MR) is 251 cm³/mol. The van der Waals surface area contributed by atoms with Crippen LogP contribution in [0.25, 0.3) is 0 Å². The van der Waals surface area contributed by atoms with Gasteiger partial charge in [0.05, 0.1) is 37.4 Å². The van der Waals surface area contributed by atoms with Gasteiger partial charge in [-0.2, -0.15) is 0 Å². The SMILES string of the molecule is CCOC(=O)C1=C(CN2CC(OCC(=O)O)C(F)(F)C2)NC(c2nccs2)=N[C@@H]1c1ccc(F)cc1.CCOC(=O)C1=C(CN2CC(OCC(=O)O)C(F)(F)C2)NC(c2nccs2)=N[C@@]1(C)c1ccc(F)cc1. The van der Waals surface area contributed by atoms with Gasteiger partial charge in [0.25, 0.3) is 11.8 Å². The topological polar surface area (TPSA) is 227 Å². The fraction of sp³-hybridized carbons (Fsp3) is 0.404. The maximum absolute atomic E-state index is 14.6. The summed E-state index contributed by atoms with van der Waals surface area (Å²) in [6.07, 6.45) is -0.0970. The minimum Gasteiger partial charge on any atom is -0.480 e. The van der Waals surface area contributed by atoms with Gasteiger partial charge in [0.15, 0.2) is 21.7 Å². The molecular weight excluding hydrogens is 1010 g/mol. The number of halogens is 6. The molecule has 0 amide bonds. The Labute approximate surface area is 421 Å². The number of hydrogen-bond donors (Lipinski definition) is 4. The Morgan fingerprint density at radius 1 is 0.712 bits per heavy atom. The molecule has 73 heavy (non-hydrogen) atoms. The molecule has 4 aromatic rings. The predicted octanol–water partition coefficient (Wildman–Crippen LogP) is 5.40. The van der Waals surface area contributed by atoms with Crippen LogP contribution in [-0.2, 0) is 43.7 Å². The zero-order chi connectivity index (χ0) is 52.7. The van der Waals surface area contributed by atoms with Crippen LogP contribution in [0.5, 0.6) is 0 Å². The van der Waals surface area contributed by atoms with Crippen LogP contribution < -0.4 is 10.6 Å². The zero-order valence-electron chi connectivity index (χ0n) is 39.2. The number of likely N-dealkylation sites (tertiary alicyclic amines) is 2. The second kappa shape index (κ2) is 23.1. The average Bonchev–Trinajstić information content (AvgIpc) is 4.16. The highest BCUT2D eigenvalue weighted by Crippen LogP contribution is 2.41. The van der Waals surface area contributed by atoms with Gasteiger partial charge in [0, 0.05) is 60.7 Å². The van der Waals surface area contributed by atoms with E-state index in [1.54, 1.807) is 43.9 Å². The number of carbonyl (C=O) groups is 4. The lowest BCUT2D eigenvalue weighted by Crippen LogP contribution is -2.45. The lowest BCUT2D eigenvalue weighted by molar-refractivity contribution is -0.153. The number of carboxylic acid groups (broad SMARTS) is 2. The largest absolute Gasteiger partial charge is 0.480 e. The molecule has 2 saturated heterocycles. The van der Waals surface area contributed by atoms with E-state index < -0.39 is 97.4 Å². The molecule has 2 aromatic heterocycles. The first-order chi connectivity index (χ1) is 34.7. The van der Waals surface area contributed by atoms with Gasteiger partial charge in [0.1, 0.15) is 48.6 Å². The van der Waals surface area contributed by atoms with E-state index in [9.17, 15) is 45.5 Å². The molecule has 2 fully saturated rings. The number of aliphatic carboxylic acids is 2. The summed E-state index contributed by atoms with van der Waals surface area (Å²) in [6, 6.07) is 10.1. The van der Waals surface area contributed by atoms with Crippen LogP contribution in [0.3, 0.4) is 0 Å². The van der Waals surface area contributed by atoms with Crippen molar-refractivity contribution >= 4 is 58.2 Å². The highest BCUT2D eigenvalue weighted by Gasteiger charge is 2.52. The van der Waals surface area contributed by atoms with Crippen LogP contribution in [-0.4, -0.2) is 155 Å². The van der Waals surface area contributed by atoms with Gasteiger partial charge >= 0.3 is 23.9 Å². The molecule has 0 bridgehead atoms. The van der Waals surface area contributed by atoms with Crippen molar-refractivity contribution in [2.24, 2.45) is 9.98 Å². The number of nitrogens with one attached hydrogen (secondary N) is 2. The van der Waals surface area contributed by atoms with Crippen LogP contribution in [0.15, 0.2) is 104 Å². The highest BCUT2D eigenvalue weighted by molar-refractivity contribution is 7.12. The first-order valence-electron chi connectivity index (χ1n) is 22.4. The van der Waals surface area contributed by atoms with Crippen LogP contribution >= 0.6 is 22.7 Å². The lowest BCUT2D eigenvalue weighted by atomic mass is 9.82. The summed E-state index contributed by atoms with van der Waals surface area (Å²) in [7, 11) is 0. The van der Waals surface area contributed by atoms with Gasteiger partial charge in [0.2, 0.25) is 0 Å². The smallest absolute Gasteiger partial charge is 0.338 e. The lowest BCUT2D eigenvalue weighted by Gasteiger charge is -2.36. The number of rotatable bonds is 18. The van der Waals surface area contributed by atoms with Crippen LogP contribution in [0.2, 0.25) is 0 Å². The van der Waals surface area contributed by atoms with Crippen LogP contribution in [0.1, 0.15) is 48.0 Å². The Kier molecular flexibility index (Phi) is 17.1. The van der Waals surface area contributed by atoms with Crippen molar-refractivity contribution in [2.75, 3.05) is 65.7 Å². The molecule has 18 nitrogen and oxygen atoms in total. The van der Waals surface area contributed by atoms with Crippen molar-refractivity contribution in [1.29, 1.82) is 0 Å². The molecule has 4 atom stereocenters. The van der Waals surface area contributed by atoms with E-state index >= 15 is 0 Å². The van der Waals surface area contributed by atoms with E-state index in [1.165, 1.54) is 81.0 Å². The minimum atomic E-state index is -3.30. The van der Waals surface area contributed by atoms with Gasteiger partial charge in [-0.15, -0.1) is 22.7 Å². The first-order valence-corrected chi connectivity index (χ1v) is 24.2. The van der Waals surface area contributed by atoms with Crippen molar-refractivity contribution in [1.82, 2.24) is 30.4 Å². The van der Waals surface area contributed by atoms with E-state index in [0.29, 0.717) is 32.8 Å². The third-order valence-corrected chi connectivity index (χ3v) is 13.2. The monoisotopic (exact) mass is 1060 g/mol. The van der Waals surface area contributed by atoms with Gasteiger partial charge in [-0.25, -0.2) is 60.5 Å². The summed E-state index contributed by atoms with van der Waals surface area (Å²) < 4.78 is 106. The molecule has 0 aliphatic carbocycles. The van der Waals surface area contributed by atoms with E-state index in [4.69, 9.17) is 34.2 Å². The molecule has 4 aliphatic rings. The summed E-state index contributed by atoms with van der Waals surface area (Å²) in [5.74, 6) is -11.0. The van der Waals surface area contributed by atoms with Gasteiger partial charge in [-0.3, -0.25) is 14.8 Å². The normalized spacial score (nSPS) is 22.6. The van der Waals surface area contributed by atoms with E-state index in [0.717, 1.165) is 0 Å². The first kappa shape index (κ1) is 54.2. The van der Waals surface area contributed by atoms with E-state index in [1.807, 2.05) is 0 Å². The number of thiazole rings is 2. The molecule has 26 heteroatoms. The number of carbonyl (C=O) groups excluding carboxylic acids is 2. The van der Waals surface area contributed by atoms with Crippen molar-refractivity contribution in [3.8, 4) is 0 Å². The quantitative estimate of drug-likeness (QED) is 0.0723. The Hall–Kier alpha value is -6.58. The number of hydrogen-bond acceptors (Lipinski definition) is 18. The second-order valence-corrected chi connectivity index (χ2v) is 18.6. The average molecular weight is 1060 g/mol. The maximum Gasteiger partial charge on any atom is 0.338 e. The molecule has 2 unspecified atom stereocenters. The molecule has 2 aromatic carbocycles. The van der Waals surface area contributed by atoms with Crippen molar-refractivity contribution in [2.45, 2.75) is 56.4 Å². The number of ether oxygens (including phenoxy) is 4. The third-order valence-electron chi connectivity index (χ3n) is 11.6. The number of benzene rings is 2. The number of aliphatic imine (C=N–C) groups is 2. The molecule has 390 valence electrons. The molecule has 0 saturated carbocycles. The summed E-state index contributed by atoms with van der Waals surface area (Å²) in [6.45, 7) is 1.16. The van der Waals surface area contributed by atoms with Crippen molar-refractivity contribution in [3.05, 3.63) is 127 Å². The molecule has 6 heterocycles. The van der Waals surface area contributed by atoms with Gasteiger partial charge in [-0.1, -0.05) is 24.3 Å². The number of esters is 2. The standard InChI is InChI=1S/C24H25F3N4O5S.C23H23F3N4O5S/c1-3-35-22(34)19-16(10-31-11-17(24(26,27)13-31)36-12-18(32)33)29-20(21-28-8-9-37-21)30-23(19,2)14-4-6-15(25)7-5-14;1-2-34-22(33)18-15(9-30-10-16(23(25,26)12-30)35-11-17(31)32)28-20(21-27-7-8-36-21)29-19(18)13-3-5-14(24)6-4-13/h4-9,17H,3,10-13H2,1-2H3,(H,29,30)(H,32,33);3-8,16,19H,2,9-12H2,1H3,(H,28,29)(H,31,32)/t17?,23-;16?,19-/m01/s1. The van der Waals surface area contributed by atoms with Gasteiger partial charge in [-0.05, 0) is 56.2 Å². The summed E-state index contributed by atoms with van der Waals surface area (Å²) in [5.41, 5.74) is 0.351. The molecule has 0 spiro atoms. The summed E-state index contributed by atoms with van der Waals surface area (Å²) in [5, 5.41) is 28.3. The zero-order valence-corrected chi connectivity index (χ0v) is 40.8. The van der Waals surface area contributed by atoms with E-state index in [-0.39, 0.29) is 61.9 Å². The number of alkyl halides is 4. The Morgan fingerprint density at radius 3 is 1.68 bits per heavy atom. The molecule has 4 N–H and O–H groups in total. The fourth-order valence-electron chi connectivity index (χ4n) is 8.43. The molecule has 4 aliphatic heterocycles. The maximum atomic E-state index is 14.6. The summed E-state index contributed by atoms with van der Waals surface area (Å²) in [4.78, 5) is 68.6. The van der Waals surface area contributed by atoms with Crippen LogP contribution in [0.4, 0.5) is 26.3 Å². The number of carboxylic acids is 2. The minimum absolute atomic E-state index is 0.0606. The fourth-order valence-corrected chi connectivity index (χ4v) is 9.59.